The molecule has 0 saturated carbocycles. The van der Waals surface area contributed by atoms with Crippen LogP contribution in [0.3, 0.4) is 0 Å². The Hall–Kier alpha value is -1.13. The molecule has 2 aromatic heterocycles. The Kier molecular flexibility index (Phi) is 5.38. The second-order valence-corrected chi connectivity index (χ2v) is 7.57. The number of hydrogen-bond acceptors (Lipinski definition) is 4. The molecule has 0 aliphatic carbocycles. The number of carbonyl (C=O) groups is 1. The molecule has 0 bridgehead atoms. The predicted molar refractivity (Wildman–Crippen MR) is 86.2 cm³/mol. The van der Waals surface area contributed by atoms with E-state index in [0.717, 1.165) is 19.1 Å². The van der Waals surface area contributed by atoms with Crippen LogP contribution in [-0.2, 0) is 6.54 Å². The molecule has 2 rings (SSSR count). The molecule has 104 valence electrons. The fourth-order valence-corrected chi connectivity index (χ4v) is 3.93. The first kappa shape index (κ1) is 15.3. The first-order chi connectivity index (χ1) is 9.60. The van der Waals surface area contributed by atoms with Gasteiger partial charge < -0.3 is 10.4 Å². The molecule has 0 saturated heterocycles. The van der Waals surface area contributed by atoms with Crippen LogP contribution >= 0.6 is 38.6 Å². The summed E-state index contributed by atoms with van der Waals surface area (Å²) in [7, 11) is 0. The summed E-state index contributed by atoms with van der Waals surface area (Å²) in [6.45, 7) is 2.25. The monoisotopic (exact) mass is 369 g/mol. The third-order valence-electron chi connectivity index (χ3n) is 2.47. The molecule has 6 heteroatoms. The van der Waals surface area contributed by atoms with E-state index in [1.807, 2.05) is 25.1 Å². The summed E-state index contributed by atoms with van der Waals surface area (Å²) in [4.78, 5) is 14.6. The summed E-state index contributed by atoms with van der Waals surface area (Å²) < 4.78 is 1.05. The molecule has 0 fully saturated rings. The minimum atomic E-state index is -0.174. The van der Waals surface area contributed by atoms with Gasteiger partial charge in [0.05, 0.1) is 20.1 Å². The predicted octanol–water partition coefficient (Wildman–Crippen LogP) is 3.15. The van der Waals surface area contributed by atoms with Crippen LogP contribution in [0.15, 0.2) is 22.0 Å². The van der Waals surface area contributed by atoms with Gasteiger partial charge >= 0.3 is 0 Å². The normalized spacial score (nSPS) is 9.95. The highest BCUT2D eigenvalue weighted by atomic mass is 79.9. The number of nitrogens with one attached hydrogen (secondary N) is 1. The van der Waals surface area contributed by atoms with Gasteiger partial charge in [-0.3, -0.25) is 4.79 Å². The smallest absolute Gasteiger partial charge is 0.261 e. The average Bonchev–Trinajstić information content (AvgIpc) is 3.00. The number of rotatable bonds is 3. The van der Waals surface area contributed by atoms with Gasteiger partial charge in [0.2, 0.25) is 0 Å². The number of aryl methyl sites for hydroxylation is 1. The van der Waals surface area contributed by atoms with E-state index in [4.69, 9.17) is 5.11 Å². The highest BCUT2D eigenvalue weighted by Gasteiger charge is 2.11. The zero-order valence-corrected chi connectivity index (χ0v) is 13.9. The van der Waals surface area contributed by atoms with Crippen molar-refractivity contribution in [3.63, 3.8) is 0 Å². The molecule has 0 aromatic carbocycles. The van der Waals surface area contributed by atoms with E-state index in [0.29, 0.717) is 11.4 Å². The van der Waals surface area contributed by atoms with Gasteiger partial charge in [-0.1, -0.05) is 11.8 Å². The lowest BCUT2D eigenvalue weighted by molar-refractivity contribution is 0.0955. The molecule has 2 N–H and O–H groups in total. The number of thiophene rings is 2. The number of aliphatic hydroxyl groups excluding tert-OH is 1. The Bertz CT molecular complexity index is 679. The molecule has 0 radical (unpaired) electrons. The van der Waals surface area contributed by atoms with Crippen molar-refractivity contribution >= 4 is 44.5 Å². The van der Waals surface area contributed by atoms with Crippen molar-refractivity contribution in [1.29, 1.82) is 0 Å². The van der Waals surface area contributed by atoms with E-state index >= 15 is 0 Å². The van der Waals surface area contributed by atoms with Crippen molar-refractivity contribution in [2.45, 2.75) is 13.5 Å². The largest absolute Gasteiger partial charge is 0.384 e. The van der Waals surface area contributed by atoms with E-state index in [-0.39, 0.29) is 12.5 Å². The molecule has 3 nitrogen and oxygen atoms in total. The maximum absolute atomic E-state index is 12.1. The van der Waals surface area contributed by atoms with Crippen molar-refractivity contribution in [2.24, 2.45) is 0 Å². The average molecular weight is 370 g/mol. The number of amides is 1. The number of hydrogen-bond donors (Lipinski definition) is 2. The summed E-state index contributed by atoms with van der Waals surface area (Å²) >= 11 is 6.34. The topological polar surface area (TPSA) is 49.3 Å². The van der Waals surface area contributed by atoms with E-state index in [1.54, 1.807) is 11.3 Å². The summed E-state index contributed by atoms with van der Waals surface area (Å²) in [6.07, 6.45) is 0. The fourth-order valence-electron chi connectivity index (χ4n) is 1.54. The van der Waals surface area contributed by atoms with Gasteiger partial charge in [0.1, 0.15) is 6.61 Å². The third kappa shape index (κ3) is 3.93. The Morgan fingerprint density at radius 2 is 2.25 bits per heavy atom. The Balaban J connectivity index is 2.02. The minimum Gasteiger partial charge on any atom is -0.384 e. The molecule has 0 aliphatic rings. The summed E-state index contributed by atoms with van der Waals surface area (Å²) in [6, 6.07) is 5.77. The second-order valence-electron chi connectivity index (χ2n) is 3.97. The lowest BCUT2D eigenvalue weighted by atomic mass is 10.2. The number of halogens is 1. The molecule has 1 amide bonds. The summed E-state index contributed by atoms with van der Waals surface area (Å²) in [5.74, 6) is 5.35. The van der Waals surface area contributed by atoms with Crippen LogP contribution in [0.5, 0.6) is 0 Å². The molecule has 0 atom stereocenters. The molecular weight excluding hydrogens is 358 g/mol. The van der Waals surface area contributed by atoms with Crippen LogP contribution < -0.4 is 5.32 Å². The molecule has 2 aromatic rings. The van der Waals surface area contributed by atoms with Crippen molar-refractivity contribution in [3.05, 3.63) is 42.2 Å². The SMILES string of the molecule is Cc1cc(C(=O)NCc2ccc(Br)s2)sc1C#CCO. The van der Waals surface area contributed by atoms with E-state index in [2.05, 4.69) is 33.1 Å². The van der Waals surface area contributed by atoms with Gasteiger partial charge in [-0.25, -0.2) is 0 Å². The molecule has 0 spiro atoms. The third-order valence-corrected chi connectivity index (χ3v) is 5.25. The van der Waals surface area contributed by atoms with E-state index in [1.165, 1.54) is 11.3 Å². The Morgan fingerprint density at radius 1 is 1.45 bits per heavy atom. The molecule has 0 aliphatic heterocycles. The lowest BCUT2D eigenvalue weighted by Gasteiger charge is -2.00. The first-order valence-electron chi connectivity index (χ1n) is 5.82. The van der Waals surface area contributed by atoms with Crippen LogP contribution in [0.25, 0.3) is 0 Å². The van der Waals surface area contributed by atoms with Crippen LogP contribution in [0, 0.1) is 18.8 Å². The second kappa shape index (κ2) is 7.04. The van der Waals surface area contributed by atoms with Crippen LogP contribution in [0.4, 0.5) is 0 Å². The highest BCUT2D eigenvalue weighted by molar-refractivity contribution is 9.11. The Labute approximate surface area is 133 Å². The van der Waals surface area contributed by atoms with Crippen LogP contribution in [0.1, 0.15) is 25.0 Å². The molecule has 2 heterocycles. The van der Waals surface area contributed by atoms with Gasteiger partial charge in [-0.05, 0) is 46.6 Å². The minimum absolute atomic E-state index is 0.0975. The standard InChI is InChI=1S/C14H12BrNO2S2/c1-9-7-12(20-11(9)3-2-6-17)14(18)16-8-10-4-5-13(15)19-10/h4-5,7,17H,6,8H2,1H3,(H,16,18). The van der Waals surface area contributed by atoms with Gasteiger partial charge in [-0.15, -0.1) is 22.7 Å². The molecular formula is C14H12BrNO2S2. The van der Waals surface area contributed by atoms with Crippen molar-refractivity contribution in [1.82, 2.24) is 5.32 Å². The van der Waals surface area contributed by atoms with Crippen molar-refractivity contribution in [2.75, 3.05) is 6.61 Å². The lowest BCUT2D eigenvalue weighted by Crippen LogP contribution is -2.21. The van der Waals surface area contributed by atoms with Gasteiger partial charge in [0, 0.05) is 4.88 Å². The quantitative estimate of drug-likeness (QED) is 0.816. The Morgan fingerprint density at radius 3 is 2.90 bits per heavy atom. The van der Waals surface area contributed by atoms with Gasteiger partial charge in [0.15, 0.2) is 0 Å². The van der Waals surface area contributed by atoms with E-state index in [9.17, 15) is 4.79 Å². The van der Waals surface area contributed by atoms with Crippen molar-refractivity contribution in [3.8, 4) is 11.8 Å². The summed E-state index contributed by atoms with van der Waals surface area (Å²) in [5, 5.41) is 11.6. The van der Waals surface area contributed by atoms with Crippen LogP contribution in [-0.4, -0.2) is 17.6 Å². The molecule has 20 heavy (non-hydrogen) atoms. The maximum Gasteiger partial charge on any atom is 0.261 e. The first-order valence-corrected chi connectivity index (χ1v) is 8.25. The number of aliphatic hydroxyl groups is 1. The highest BCUT2D eigenvalue weighted by Crippen LogP contribution is 2.23. The zero-order valence-electron chi connectivity index (χ0n) is 10.7. The number of carbonyl (C=O) groups excluding carboxylic acids is 1. The fraction of sp³-hybridized carbons (Fsp3) is 0.214. The maximum atomic E-state index is 12.1. The van der Waals surface area contributed by atoms with Gasteiger partial charge in [-0.2, -0.15) is 0 Å². The van der Waals surface area contributed by atoms with Gasteiger partial charge in [0.25, 0.3) is 5.91 Å². The molecule has 0 unspecified atom stereocenters. The zero-order chi connectivity index (χ0) is 14.5. The summed E-state index contributed by atoms with van der Waals surface area (Å²) in [5.41, 5.74) is 0.958. The van der Waals surface area contributed by atoms with Crippen molar-refractivity contribution < 1.29 is 9.90 Å². The van der Waals surface area contributed by atoms with Crippen LogP contribution in [0.2, 0.25) is 0 Å². The van der Waals surface area contributed by atoms with E-state index < -0.39 is 0 Å².